The first-order valence-corrected chi connectivity index (χ1v) is 7.14. The van der Waals surface area contributed by atoms with Crippen molar-refractivity contribution in [2.75, 3.05) is 7.05 Å². The maximum absolute atomic E-state index is 6.17. The Balaban J connectivity index is 2.93. The monoisotopic (exact) mass is 254 g/mol. The van der Waals surface area contributed by atoms with Gasteiger partial charge < -0.3 is 5.73 Å². The quantitative estimate of drug-likeness (QED) is 0.891. The van der Waals surface area contributed by atoms with Crippen LogP contribution in [0.4, 0.5) is 0 Å². The Bertz CT molecular complexity index is 324. The highest BCUT2D eigenvalue weighted by molar-refractivity contribution is 7.10. The second-order valence-corrected chi connectivity index (χ2v) is 7.01. The van der Waals surface area contributed by atoms with Gasteiger partial charge in [-0.2, -0.15) is 0 Å². The highest BCUT2D eigenvalue weighted by Gasteiger charge is 2.31. The van der Waals surface area contributed by atoms with Crippen LogP contribution in [0.1, 0.15) is 45.5 Å². The zero-order chi connectivity index (χ0) is 13.2. The predicted octanol–water partition coefficient (Wildman–Crippen LogP) is 3.50. The van der Waals surface area contributed by atoms with E-state index in [0.29, 0.717) is 12.1 Å². The molecule has 2 N–H and O–H groups in total. The summed E-state index contributed by atoms with van der Waals surface area (Å²) in [7, 11) is 2.18. The largest absolute Gasteiger partial charge is 0.326 e. The van der Waals surface area contributed by atoms with E-state index in [4.69, 9.17) is 5.73 Å². The molecule has 1 rings (SSSR count). The number of hydrogen-bond donors (Lipinski definition) is 1. The third-order valence-corrected chi connectivity index (χ3v) is 4.58. The highest BCUT2D eigenvalue weighted by Crippen LogP contribution is 2.33. The molecule has 0 spiro atoms. The summed E-state index contributed by atoms with van der Waals surface area (Å²) in [5.41, 5.74) is 6.44. The normalized spacial score (nSPS) is 18.1. The third kappa shape index (κ3) is 3.54. The molecule has 1 aromatic rings. The second-order valence-electron chi connectivity index (χ2n) is 6.03. The fourth-order valence-corrected chi connectivity index (χ4v) is 3.13. The topological polar surface area (TPSA) is 29.3 Å². The van der Waals surface area contributed by atoms with Crippen molar-refractivity contribution in [1.82, 2.24) is 4.90 Å². The minimum absolute atomic E-state index is 0.142. The molecule has 0 aliphatic carbocycles. The van der Waals surface area contributed by atoms with Crippen LogP contribution in [-0.4, -0.2) is 24.0 Å². The highest BCUT2D eigenvalue weighted by atomic mass is 32.1. The fraction of sp³-hybridized carbons (Fsp3) is 0.714. The van der Waals surface area contributed by atoms with Gasteiger partial charge in [0.1, 0.15) is 0 Å². The molecule has 98 valence electrons. The van der Waals surface area contributed by atoms with Crippen molar-refractivity contribution in [1.29, 1.82) is 0 Å². The molecular formula is C14H26N2S. The predicted molar refractivity (Wildman–Crippen MR) is 77.4 cm³/mol. The molecule has 0 amide bonds. The summed E-state index contributed by atoms with van der Waals surface area (Å²) < 4.78 is 0. The molecule has 0 radical (unpaired) electrons. The van der Waals surface area contributed by atoms with E-state index in [-0.39, 0.29) is 11.5 Å². The Hall–Kier alpha value is -0.380. The molecule has 2 nitrogen and oxygen atoms in total. The lowest BCUT2D eigenvalue weighted by atomic mass is 9.86. The summed E-state index contributed by atoms with van der Waals surface area (Å²) in [5, 5.41) is 2.13. The standard InChI is InChI=1S/C14H26N2S/c1-10(15)13(12-8-7-9-17-12)16(6)11(2)14(3,4)5/h7-11,13H,15H2,1-6H3. The van der Waals surface area contributed by atoms with Crippen LogP contribution in [-0.2, 0) is 0 Å². The van der Waals surface area contributed by atoms with Gasteiger partial charge in [-0.15, -0.1) is 11.3 Å². The van der Waals surface area contributed by atoms with Crippen molar-refractivity contribution in [2.24, 2.45) is 11.1 Å². The maximum Gasteiger partial charge on any atom is 0.0590 e. The van der Waals surface area contributed by atoms with E-state index in [1.54, 1.807) is 11.3 Å². The van der Waals surface area contributed by atoms with Gasteiger partial charge >= 0.3 is 0 Å². The average molecular weight is 254 g/mol. The molecule has 3 atom stereocenters. The summed E-state index contributed by atoms with van der Waals surface area (Å²) in [6.45, 7) is 11.2. The van der Waals surface area contributed by atoms with Gasteiger partial charge in [-0.05, 0) is 37.8 Å². The number of hydrogen-bond acceptors (Lipinski definition) is 3. The van der Waals surface area contributed by atoms with Crippen LogP contribution in [0, 0.1) is 5.41 Å². The van der Waals surface area contributed by atoms with Crippen molar-refractivity contribution in [3.05, 3.63) is 22.4 Å². The zero-order valence-electron chi connectivity index (χ0n) is 11.9. The van der Waals surface area contributed by atoms with Crippen LogP contribution in [0.5, 0.6) is 0 Å². The number of nitrogens with two attached hydrogens (primary N) is 1. The van der Waals surface area contributed by atoms with E-state index in [9.17, 15) is 0 Å². The average Bonchev–Trinajstić information content (AvgIpc) is 2.67. The van der Waals surface area contributed by atoms with Gasteiger partial charge in [0.15, 0.2) is 0 Å². The lowest BCUT2D eigenvalue weighted by Crippen LogP contribution is -2.46. The molecule has 3 unspecified atom stereocenters. The second kappa shape index (κ2) is 5.51. The number of thiophene rings is 1. The minimum Gasteiger partial charge on any atom is -0.326 e. The summed E-state index contributed by atoms with van der Waals surface area (Å²) in [5.74, 6) is 0. The molecule has 1 heterocycles. The van der Waals surface area contributed by atoms with E-state index >= 15 is 0 Å². The number of likely N-dealkylation sites (N-methyl/N-ethyl adjacent to an activating group) is 1. The molecule has 0 aliphatic heterocycles. The summed E-state index contributed by atoms with van der Waals surface area (Å²) >= 11 is 1.79. The summed E-state index contributed by atoms with van der Waals surface area (Å²) in [6.07, 6.45) is 0. The smallest absolute Gasteiger partial charge is 0.0590 e. The Morgan fingerprint density at radius 1 is 1.29 bits per heavy atom. The molecule has 0 fully saturated rings. The van der Waals surface area contributed by atoms with E-state index < -0.39 is 0 Å². The lowest BCUT2D eigenvalue weighted by molar-refractivity contribution is 0.0883. The molecule has 0 saturated carbocycles. The molecule has 0 saturated heterocycles. The van der Waals surface area contributed by atoms with E-state index in [1.165, 1.54) is 4.88 Å². The minimum atomic E-state index is 0.142. The number of nitrogens with zero attached hydrogens (tertiary/aromatic N) is 1. The summed E-state index contributed by atoms with van der Waals surface area (Å²) in [6, 6.07) is 5.23. The van der Waals surface area contributed by atoms with Crippen molar-refractivity contribution in [2.45, 2.75) is 52.7 Å². The number of rotatable bonds is 4. The van der Waals surface area contributed by atoms with Crippen LogP contribution >= 0.6 is 11.3 Å². The molecule has 0 aliphatic rings. The first-order chi connectivity index (χ1) is 7.75. The van der Waals surface area contributed by atoms with Crippen LogP contribution in [0.25, 0.3) is 0 Å². The first kappa shape index (κ1) is 14.7. The van der Waals surface area contributed by atoms with Crippen molar-refractivity contribution in [3.63, 3.8) is 0 Å². The van der Waals surface area contributed by atoms with Crippen LogP contribution < -0.4 is 5.73 Å². The van der Waals surface area contributed by atoms with E-state index in [1.807, 2.05) is 0 Å². The Labute approximate surface area is 110 Å². The fourth-order valence-electron chi connectivity index (χ4n) is 2.14. The van der Waals surface area contributed by atoms with E-state index in [2.05, 4.69) is 64.1 Å². The van der Waals surface area contributed by atoms with Gasteiger partial charge in [0.25, 0.3) is 0 Å². The molecular weight excluding hydrogens is 228 g/mol. The third-order valence-electron chi connectivity index (χ3n) is 3.64. The molecule has 3 heteroatoms. The Morgan fingerprint density at radius 3 is 2.24 bits per heavy atom. The van der Waals surface area contributed by atoms with Gasteiger partial charge in [-0.1, -0.05) is 26.8 Å². The first-order valence-electron chi connectivity index (χ1n) is 6.26. The van der Waals surface area contributed by atoms with Crippen LogP contribution in [0.15, 0.2) is 17.5 Å². The maximum atomic E-state index is 6.17. The Kier molecular flexibility index (Phi) is 4.76. The zero-order valence-corrected chi connectivity index (χ0v) is 12.7. The van der Waals surface area contributed by atoms with Gasteiger partial charge in [-0.25, -0.2) is 0 Å². The molecule has 0 aromatic carbocycles. The summed E-state index contributed by atoms with van der Waals surface area (Å²) in [4.78, 5) is 3.77. The van der Waals surface area contributed by atoms with Crippen molar-refractivity contribution < 1.29 is 0 Å². The SMILES string of the molecule is CC(N)C(c1cccs1)N(C)C(C)C(C)(C)C. The molecule has 1 aromatic heterocycles. The van der Waals surface area contributed by atoms with Gasteiger partial charge in [0.2, 0.25) is 0 Å². The van der Waals surface area contributed by atoms with Gasteiger partial charge in [0, 0.05) is 17.0 Å². The van der Waals surface area contributed by atoms with Crippen molar-refractivity contribution >= 4 is 11.3 Å². The van der Waals surface area contributed by atoms with Crippen LogP contribution in [0.2, 0.25) is 0 Å². The van der Waals surface area contributed by atoms with Gasteiger partial charge in [-0.3, -0.25) is 4.90 Å². The Morgan fingerprint density at radius 2 is 1.88 bits per heavy atom. The lowest BCUT2D eigenvalue weighted by Gasteiger charge is -2.41. The van der Waals surface area contributed by atoms with Crippen molar-refractivity contribution in [3.8, 4) is 0 Å². The van der Waals surface area contributed by atoms with Crippen LogP contribution in [0.3, 0.4) is 0 Å². The molecule has 17 heavy (non-hydrogen) atoms. The van der Waals surface area contributed by atoms with Gasteiger partial charge in [0.05, 0.1) is 6.04 Å². The van der Waals surface area contributed by atoms with E-state index in [0.717, 1.165) is 0 Å². The molecule has 0 bridgehead atoms.